The van der Waals surface area contributed by atoms with E-state index in [0.29, 0.717) is 38.0 Å². The molecule has 1 aromatic rings. The summed E-state index contributed by atoms with van der Waals surface area (Å²) in [7, 11) is 0. The maximum absolute atomic E-state index is 12.9. The molecule has 1 heterocycles. The van der Waals surface area contributed by atoms with E-state index < -0.39 is 17.2 Å². The number of hydrogen-bond donors (Lipinski definition) is 1. The lowest BCUT2D eigenvalue weighted by Crippen LogP contribution is -2.40. The lowest BCUT2D eigenvalue weighted by Gasteiger charge is -2.26. The van der Waals surface area contributed by atoms with Crippen LogP contribution in [0.1, 0.15) is 37.3 Å². The fourth-order valence-corrected chi connectivity index (χ4v) is 3.41. The van der Waals surface area contributed by atoms with Crippen LogP contribution in [0.15, 0.2) is 24.3 Å². The van der Waals surface area contributed by atoms with Crippen LogP contribution in [0.5, 0.6) is 0 Å². The second-order valence-corrected chi connectivity index (χ2v) is 7.15. The van der Waals surface area contributed by atoms with Crippen LogP contribution in [0.2, 0.25) is 0 Å². The largest absolute Gasteiger partial charge is 0.416 e. The Labute approximate surface area is 145 Å². The monoisotopic (exact) mass is 362 g/mol. The number of carbonyl (C=O) groups excluding carboxylic acids is 1. The van der Waals surface area contributed by atoms with Crippen molar-refractivity contribution < 1.29 is 18.0 Å². The van der Waals surface area contributed by atoms with Gasteiger partial charge in [-0.3, -0.25) is 4.79 Å². The molecule has 3 rings (SSSR count). The molecule has 1 atom stereocenters. The zero-order valence-electron chi connectivity index (χ0n) is 13.5. The van der Waals surface area contributed by atoms with Crippen molar-refractivity contribution in [3.05, 3.63) is 35.4 Å². The van der Waals surface area contributed by atoms with Gasteiger partial charge in [-0.2, -0.15) is 13.2 Å². The highest BCUT2D eigenvalue weighted by atomic mass is 35.5. The third kappa shape index (κ3) is 3.26. The Bertz CT molecular complexity index is 631. The summed E-state index contributed by atoms with van der Waals surface area (Å²) in [5.74, 6) is -0.0472. The average Bonchev–Trinajstić information content (AvgIpc) is 3.23. The standard InChI is InChI=1S/C17H21F3N2O.ClH/c1-15(10-21)7-8-22(11-15)14(23)16(5-6-16)12-3-2-4-13(9-12)17(18,19)20;/h2-4,9H,5-8,10-11,21H2,1H3;1H. The van der Waals surface area contributed by atoms with E-state index in [9.17, 15) is 18.0 Å². The van der Waals surface area contributed by atoms with E-state index in [4.69, 9.17) is 5.73 Å². The molecule has 1 unspecified atom stereocenters. The summed E-state index contributed by atoms with van der Waals surface area (Å²) in [6.45, 7) is 3.77. The Morgan fingerprint density at radius 2 is 1.96 bits per heavy atom. The van der Waals surface area contributed by atoms with Crippen LogP contribution < -0.4 is 5.73 Å². The first-order valence-corrected chi connectivity index (χ1v) is 7.87. The van der Waals surface area contributed by atoms with Gasteiger partial charge in [0.1, 0.15) is 0 Å². The van der Waals surface area contributed by atoms with Crippen molar-refractivity contribution >= 4 is 18.3 Å². The van der Waals surface area contributed by atoms with Gasteiger partial charge in [-0.05, 0) is 42.9 Å². The van der Waals surface area contributed by atoms with Gasteiger partial charge in [0.2, 0.25) is 5.91 Å². The fourth-order valence-electron chi connectivity index (χ4n) is 3.41. The van der Waals surface area contributed by atoms with Crippen molar-refractivity contribution in [2.24, 2.45) is 11.1 Å². The summed E-state index contributed by atoms with van der Waals surface area (Å²) >= 11 is 0. The summed E-state index contributed by atoms with van der Waals surface area (Å²) in [4.78, 5) is 14.7. The van der Waals surface area contributed by atoms with Crippen LogP contribution in [0.25, 0.3) is 0 Å². The van der Waals surface area contributed by atoms with Crippen LogP contribution in [0.4, 0.5) is 13.2 Å². The minimum absolute atomic E-state index is 0. The van der Waals surface area contributed by atoms with E-state index in [1.54, 1.807) is 11.0 Å². The smallest absolute Gasteiger partial charge is 0.341 e. The Balaban J connectivity index is 0.00000208. The number of nitrogens with zero attached hydrogens (tertiary/aromatic N) is 1. The molecule has 7 heteroatoms. The van der Waals surface area contributed by atoms with Crippen molar-refractivity contribution in [1.82, 2.24) is 4.90 Å². The molecule has 1 aliphatic heterocycles. The number of amides is 1. The molecule has 2 aliphatic rings. The molecule has 0 radical (unpaired) electrons. The predicted octanol–water partition coefficient (Wildman–Crippen LogP) is 3.36. The van der Waals surface area contributed by atoms with Gasteiger partial charge in [0, 0.05) is 13.1 Å². The van der Waals surface area contributed by atoms with Crippen LogP contribution in [-0.2, 0) is 16.4 Å². The van der Waals surface area contributed by atoms with Crippen LogP contribution >= 0.6 is 12.4 Å². The lowest BCUT2D eigenvalue weighted by molar-refractivity contribution is -0.138. The first-order valence-electron chi connectivity index (χ1n) is 7.87. The summed E-state index contributed by atoms with van der Waals surface area (Å²) in [5, 5.41) is 0. The summed E-state index contributed by atoms with van der Waals surface area (Å²) in [6, 6.07) is 5.20. The Kier molecular flexibility index (Phi) is 4.94. The molecule has 2 fully saturated rings. The minimum Gasteiger partial charge on any atom is -0.341 e. The zero-order valence-corrected chi connectivity index (χ0v) is 14.3. The van der Waals surface area contributed by atoms with Crippen molar-refractivity contribution in [2.45, 2.75) is 37.8 Å². The van der Waals surface area contributed by atoms with Gasteiger partial charge >= 0.3 is 6.18 Å². The molecule has 24 heavy (non-hydrogen) atoms. The molecular formula is C17H22ClF3N2O. The maximum atomic E-state index is 12.9. The highest BCUT2D eigenvalue weighted by Crippen LogP contribution is 2.51. The second kappa shape index (κ2) is 6.23. The van der Waals surface area contributed by atoms with E-state index in [1.807, 2.05) is 6.92 Å². The van der Waals surface area contributed by atoms with Gasteiger partial charge < -0.3 is 10.6 Å². The summed E-state index contributed by atoms with van der Waals surface area (Å²) in [6.07, 6.45) is -2.32. The quantitative estimate of drug-likeness (QED) is 0.896. The minimum atomic E-state index is -4.39. The highest BCUT2D eigenvalue weighted by molar-refractivity contribution is 5.91. The van der Waals surface area contributed by atoms with E-state index in [0.717, 1.165) is 18.6 Å². The number of alkyl halides is 3. The Morgan fingerprint density at radius 3 is 2.46 bits per heavy atom. The number of halogens is 4. The van der Waals surface area contributed by atoms with Crippen LogP contribution in [-0.4, -0.2) is 30.4 Å². The number of benzene rings is 1. The molecule has 1 aromatic carbocycles. The van der Waals surface area contributed by atoms with E-state index in [2.05, 4.69) is 0 Å². The van der Waals surface area contributed by atoms with Crippen molar-refractivity contribution in [2.75, 3.05) is 19.6 Å². The Hall–Kier alpha value is -1.27. The van der Waals surface area contributed by atoms with E-state index in [1.165, 1.54) is 6.07 Å². The van der Waals surface area contributed by atoms with Crippen molar-refractivity contribution in [3.8, 4) is 0 Å². The van der Waals surface area contributed by atoms with Crippen LogP contribution in [0.3, 0.4) is 0 Å². The summed E-state index contributed by atoms with van der Waals surface area (Å²) < 4.78 is 38.8. The van der Waals surface area contributed by atoms with Gasteiger partial charge in [-0.1, -0.05) is 25.1 Å². The first-order chi connectivity index (χ1) is 10.7. The molecule has 1 saturated heterocycles. The molecule has 1 amide bonds. The van der Waals surface area contributed by atoms with Gasteiger partial charge in [-0.15, -0.1) is 12.4 Å². The van der Waals surface area contributed by atoms with Gasteiger partial charge in [-0.25, -0.2) is 0 Å². The van der Waals surface area contributed by atoms with Crippen molar-refractivity contribution in [1.29, 1.82) is 0 Å². The normalized spacial score (nSPS) is 25.3. The van der Waals surface area contributed by atoms with Crippen molar-refractivity contribution in [3.63, 3.8) is 0 Å². The topological polar surface area (TPSA) is 46.3 Å². The number of likely N-dealkylation sites (tertiary alicyclic amines) is 1. The SMILES string of the molecule is CC1(CN)CCN(C(=O)C2(c3cccc(C(F)(F)F)c3)CC2)C1.Cl. The van der Waals surface area contributed by atoms with Gasteiger partial charge in [0.15, 0.2) is 0 Å². The first kappa shape index (κ1) is 19.1. The molecule has 2 N–H and O–H groups in total. The Morgan fingerprint density at radius 1 is 1.29 bits per heavy atom. The molecule has 0 aromatic heterocycles. The van der Waals surface area contributed by atoms with Gasteiger partial charge in [0.25, 0.3) is 0 Å². The second-order valence-electron chi connectivity index (χ2n) is 7.15. The molecule has 1 aliphatic carbocycles. The van der Waals surface area contributed by atoms with Gasteiger partial charge in [0.05, 0.1) is 11.0 Å². The maximum Gasteiger partial charge on any atom is 0.416 e. The lowest BCUT2D eigenvalue weighted by atomic mass is 9.90. The number of rotatable bonds is 3. The zero-order chi connectivity index (χ0) is 16.9. The highest BCUT2D eigenvalue weighted by Gasteiger charge is 2.54. The number of nitrogens with two attached hydrogens (primary N) is 1. The van der Waals surface area contributed by atoms with E-state index >= 15 is 0 Å². The molecule has 134 valence electrons. The molecule has 1 saturated carbocycles. The summed E-state index contributed by atoms with van der Waals surface area (Å²) in [5.41, 5.74) is 4.72. The average molecular weight is 363 g/mol. The fraction of sp³-hybridized carbons (Fsp3) is 0.588. The number of hydrogen-bond acceptors (Lipinski definition) is 2. The van der Waals surface area contributed by atoms with Crippen LogP contribution in [0, 0.1) is 5.41 Å². The molecule has 3 nitrogen and oxygen atoms in total. The molecule has 0 spiro atoms. The predicted molar refractivity (Wildman–Crippen MR) is 88.0 cm³/mol. The molecule has 0 bridgehead atoms. The number of carbonyl (C=O) groups is 1. The van der Waals surface area contributed by atoms with E-state index in [-0.39, 0.29) is 23.7 Å². The third-order valence-corrected chi connectivity index (χ3v) is 5.24. The molecular weight excluding hydrogens is 341 g/mol. The third-order valence-electron chi connectivity index (χ3n) is 5.24.